The number of likely N-dealkylation sites (tertiary alicyclic amines) is 1. The summed E-state index contributed by atoms with van der Waals surface area (Å²) in [5.41, 5.74) is 2.01. The van der Waals surface area contributed by atoms with Crippen LogP contribution in [-0.2, 0) is 0 Å². The van der Waals surface area contributed by atoms with Crippen LogP contribution in [0.5, 0.6) is 0 Å². The van der Waals surface area contributed by atoms with Crippen molar-refractivity contribution in [2.45, 2.75) is 32.3 Å². The SMILES string of the molecule is CC1CCN(CCC(O)c2ccc3[nH]ncc3c2)CC1. The van der Waals surface area contributed by atoms with E-state index in [1.54, 1.807) is 6.20 Å². The first-order chi connectivity index (χ1) is 9.72. The average molecular weight is 273 g/mol. The Balaban J connectivity index is 1.57. The summed E-state index contributed by atoms with van der Waals surface area (Å²) in [6.45, 7) is 5.66. The zero-order valence-electron chi connectivity index (χ0n) is 12.0. The fraction of sp³-hybridized carbons (Fsp3) is 0.562. The summed E-state index contributed by atoms with van der Waals surface area (Å²) in [6, 6.07) is 6.01. The molecule has 1 aromatic heterocycles. The van der Waals surface area contributed by atoms with E-state index in [-0.39, 0.29) is 6.10 Å². The third-order valence-electron chi connectivity index (χ3n) is 4.44. The molecule has 2 N–H and O–H groups in total. The Hall–Kier alpha value is -1.39. The van der Waals surface area contributed by atoms with Crippen LogP contribution in [0.3, 0.4) is 0 Å². The van der Waals surface area contributed by atoms with Gasteiger partial charge in [-0.3, -0.25) is 5.10 Å². The lowest BCUT2D eigenvalue weighted by Gasteiger charge is -2.30. The van der Waals surface area contributed by atoms with Gasteiger partial charge in [-0.05, 0) is 56.0 Å². The Labute approximate surface area is 119 Å². The maximum atomic E-state index is 10.3. The van der Waals surface area contributed by atoms with Crippen LogP contribution >= 0.6 is 0 Å². The van der Waals surface area contributed by atoms with Crippen molar-refractivity contribution >= 4 is 10.9 Å². The molecule has 108 valence electrons. The van der Waals surface area contributed by atoms with E-state index in [0.29, 0.717) is 0 Å². The zero-order valence-corrected chi connectivity index (χ0v) is 12.0. The van der Waals surface area contributed by atoms with Gasteiger partial charge in [0.05, 0.1) is 17.8 Å². The number of aromatic nitrogens is 2. The van der Waals surface area contributed by atoms with Crippen molar-refractivity contribution in [2.24, 2.45) is 5.92 Å². The number of aliphatic hydroxyl groups is 1. The van der Waals surface area contributed by atoms with Gasteiger partial charge in [-0.2, -0.15) is 5.10 Å². The van der Waals surface area contributed by atoms with Gasteiger partial charge in [0.1, 0.15) is 0 Å². The topological polar surface area (TPSA) is 52.1 Å². The molecule has 3 rings (SSSR count). The summed E-state index contributed by atoms with van der Waals surface area (Å²) >= 11 is 0. The summed E-state index contributed by atoms with van der Waals surface area (Å²) in [6.07, 6.45) is 4.80. The van der Waals surface area contributed by atoms with Gasteiger partial charge < -0.3 is 10.0 Å². The van der Waals surface area contributed by atoms with Gasteiger partial charge in [-0.25, -0.2) is 0 Å². The Bertz CT molecular complexity index is 558. The van der Waals surface area contributed by atoms with E-state index >= 15 is 0 Å². The van der Waals surface area contributed by atoms with Crippen LogP contribution < -0.4 is 0 Å². The molecule has 0 aliphatic carbocycles. The van der Waals surface area contributed by atoms with Crippen molar-refractivity contribution in [1.82, 2.24) is 15.1 Å². The van der Waals surface area contributed by atoms with E-state index in [1.807, 2.05) is 18.2 Å². The van der Waals surface area contributed by atoms with E-state index < -0.39 is 0 Å². The third-order valence-corrected chi connectivity index (χ3v) is 4.44. The van der Waals surface area contributed by atoms with E-state index in [9.17, 15) is 5.11 Å². The molecule has 4 nitrogen and oxygen atoms in total. The predicted octanol–water partition coefficient (Wildman–Crippen LogP) is 2.72. The van der Waals surface area contributed by atoms with Gasteiger partial charge in [0.2, 0.25) is 0 Å². The summed E-state index contributed by atoms with van der Waals surface area (Å²) in [4.78, 5) is 2.47. The molecule has 1 fully saturated rings. The number of piperidine rings is 1. The lowest BCUT2D eigenvalue weighted by Crippen LogP contribution is -2.34. The Morgan fingerprint density at radius 3 is 3.00 bits per heavy atom. The van der Waals surface area contributed by atoms with Crippen LogP contribution in [0.25, 0.3) is 10.9 Å². The summed E-state index contributed by atoms with van der Waals surface area (Å²) in [7, 11) is 0. The molecule has 1 atom stereocenters. The third kappa shape index (κ3) is 3.02. The number of nitrogens with zero attached hydrogens (tertiary/aromatic N) is 2. The minimum Gasteiger partial charge on any atom is -0.388 e. The highest BCUT2D eigenvalue weighted by Crippen LogP contribution is 2.23. The zero-order chi connectivity index (χ0) is 13.9. The highest BCUT2D eigenvalue weighted by Gasteiger charge is 2.17. The first-order valence-electron chi connectivity index (χ1n) is 7.56. The molecule has 0 spiro atoms. The quantitative estimate of drug-likeness (QED) is 0.900. The second kappa shape index (κ2) is 5.94. The van der Waals surface area contributed by atoms with E-state index in [4.69, 9.17) is 0 Å². The van der Waals surface area contributed by atoms with Gasteiger partial charge in [0.25, 0.3) is 0 Å². The van der Waals surface area contributed by atoms with Gasteiger partial charge in [-0.15, -0.1) is 0 Å². The van der Waals surface area contributed by atoms with Crippen molar-refractivity contribution in [3.05, 3.63) is 30.0 Å². The molecule has 1 aliphatic rings. The molecular weight excluding hydrogens is 250 g/mol. The molecule has 2 aromatic rings. The maximum absolute atomic E-state index is 10.3. The van der Waals surface area contributed by atoms with Crippen molar-refractivity contribution < 1.29 is 5.11 Å². The van der Waals surface area contributed by atoms with Crippen LogP contribution in [0.4, 0.5) is 0 Å². The van der Waals surface area contributed by atoms with Crippen molar-refractivity contribution in [3.8, 4) is 0 Å². The number of hydrogen-bond acceptors (Lipinski definition) is 3. The second-order valence-electron chi connectivity index (χ2n) is 6.05. The lowest BCUT2D eigenvalue weighted by molar-refractivity contribution is 0.125. The number of hydrogen-bond donors (Lipinski definition) is 2. The fourth-order valence-electron chi connectivity index (χ4n) is 2.93. The van der Waals surface area contributed by atoms with Crippen molar-refractivity contribution in [3.63, 3.8) is 0 Å². The van der Waals surface area contributed by atoms with Crippen LogP contribution in [0.1, 0.15) is 37.9 Å². The number of nitrogens with one attached hydrogen (secondary N) is 1. The molecule has 1 saturated heterocycles. The number of fused-ring (bicyclic) bond motifs is 1. The van der Waals surface area contributed by atoms with E-state index in [0.717, 1.165) is 35.3 Å². The van der Waals surface area contributed by atoms with Crippen LogP contribution in [0, 0.1) is 5.92 Å². The molecule has 1 unspecified atom stereocenters. The molecule has 0 saturated carbocycles. The number of benzene rings is 1. The Kier molecular flexibility index (Phi) is 4.03. The largest absolute Gasteiger partial charge is 0.388 e. The van der Waals surface area contributed by atoms with E-state index in [1.165, 1.54) is 25.9 Å². The molecule has 20 heavy (non-hydrogen) atoms. The van der Waals surface area contributed by atoms with Crippen LogP contribution in [0.2, 0.25) is 0 Å². The minimum atomic E-state index is -0.381. The highest BCUT2D eigenvalue weighted by molar-refractivity contribution is 5.78. The number of H-pyrrole nitrogens is 1. The van der Waals surface area contributed by atoms with E-state index in [2.05, 4.69) is 22.0 Å². The van der Waals surface area contributed by atoms with Crippen molar-refractivity contribution in [2.75, 3.05) is 19.6 Å². The van der Waals surface area contributed by atoms with Crippen molar-refractivity contribution in [1.29, 1.82) is 0 Å². The lowest BCUT2D eigenvalue weighted by atomic mass is 9.98. The summed E-state index contributed by atoms with van der Waals surface area (Å²) in [5, 5.41) is 18.4. The molecule has 0 amide bonds. The number of aliphatic hydroxyl groups excluding tert-OH is 1. The van der Waals surface area contributed by atoms with Gasteiger partial charge in [-0.1, -0.05) is 13.0 Å². The first kappa shape index (κ1) is 13.6. The van der Waals surface area contributed by atoms with Crippen LogP contribution in [-0.4, -0.2) is 39.8 Å². The monoisotopic (exact) mass is 273 g/mol. The normalized spacial score (nSPS) is 19.5. The Morgan fingerprint density at radius 2 is 2.20 bits per heavy atom. The molecule has 1 aromatic carbocycles. The van der Waals surface area contributed by atoms with Gasteiger partial charge in [0, 0.05) is 11.9 Å². The molecule has 0 bridgehead atoms. The maximum Gasteiger partial charge on any atom is 0.0802 e. The molecule has 0 radical (unpaired) electrons. The molecule has 1 aliphatic heterocycles. The minimum absolute atomic E-state index is 0.381. The predicted molar refractivity (Wildman–Crippen MR) is 80.5 cm³/mol. The molecule has 4 heteroatoms. The smallest absolute Gasteiger partial charge is 0.0802 e. The standard InChI is InChI=1S/C16H23N3O/c1-12-4-7-19(8-5-12)9-6-16(20)13-2-3-15-14(10-13)11-17-18-15/h2-3,10-12,16,20H,4-9H2,1H3,(H,17,18). The highest BCUT2D eigenvalue weighted by atomic mass is 16.3. The number of aromatic amines is 1. The number of rotatable bonds is 4. The molecular formula is C16H23N3O. The fourth-order valence-corrected chi connectivity index (χ4v) is 2.93. The summed E-state index contributed by atoms with van der Waals surface area (Å²) < 4.78 is 0. The first-order valence-corrected chi connectivity index (χ1v) is 7.56. The van der Waals surface area contributed by atoms with Gasteiger partial charge in [0.15, 0.2) is 0 Å². The summed E-state index contributed by atoms with van der Waals surface area (Å²) in [5.74, 6) is 0.861. The second-order valence-corrected chi connectivity index (χ2v) is 6.05. The van der Waals surface area contributed by atoms with Gasteiger partial charge >= 0.3 is 0 Å². The average Bonchev–Trinajstić information content (AvgIpc) is 2.93. The van der Waals surface area contributed by atoms with Crippen LogP contribution in [0.15, 0.2) is 24.4 Å². The molecule has 2 heterocycles. The Morgan fingerprint density at radius 1 is 1.40 bits per heavy atom.